The molecule has 4 rings (SSSR count). The van der Waals surface area contributed by atoms with Gasteiger partial charge in [0.05, 0.1) is 24.4 Å². The molecule has 2 bridgehead atoms. The third kappa shape index (κ3) is 14.7. The average molecular weight is 914 g/mol. The van der Waals surface area contributed by atoms with E-state index in [0.29, 0.717) is 69.3 Å². The summed E-state index contributed by atoms with van der Waals surface area (Å²) < 4.78 is 35.6. The Bertz CT molecular complexity index is 1690. The van der Waals surface area contributed by atoms with Crippen molar-refractivity contribution in [2.45, 2.75) is 186 Å². The van der Waals surface area contributed by atoms with E-state index >= 15 is 0 Å². The number of piperidine rings is 1. The van der Waals surface area contributed by atoms with Crippen LogP contribution >= 0.6 is 0 Å². The molecule has 65 heavy (non-hydrogen) atoms. The lowest BCUT2D eigenvalue weighted by Crippen LogP contribution is -2.61. The van der Waals surface area contributed by atoms with Gasteiger partial charge in [-0.05, 0) is 126 Å². The van der Waals surface area contributed by atoms with E-state index in [2.05, 4.69) is 6.92 Å². The van der Waals surface area contributed by atoms with Gasteiger partial charge in [-0.2, -0.15) is 0 Å². The fourth-order valence-electron chi connectivity index (χ4n) is 10.6. The second-order valence-corrected chi connectivity index (χ2v) is 19.9. The highest BCUT2D eigenvalue weighted by Gasteiger charge is 2.53. The van der Waals surface area contributed by atoms with Crippen LogP contribution in [0.5, 0.6) is 0 Å². The van der Waals surface area contributed by atoms with Crippen LogP contribution in [-0.2, 0) is 47.6 Å². The second-order valence-electron chi connectivity index (χ2n) is 19.9. The van der Waals surface area contributed by atoms with E-state index in [-0.39, 0.29) is 54.3 Å². The molecule has 0 aromatic rings. The van der Waals surface area contributed by atoms with E-state index in [1.54, 1.807) is 28.3 Å². The van der Waals surface area contributed by atoms with E-state index in [0.717, 1.165) is 31.3 Å². The lowest BCUT2D eigenvalue weighted by molar-refractivity contribution is -0.265. The van der Waals surface area contributed by atoms with Gasteiger partial charge in [0, 0.05) is 53.2 Å². The molecule has 1 amide bonds. The van der Waals surface area contributed by atoms with Crippen LogP contribution in [0, 0.1) is 35.5 Å². The number of aliphatic hydroxyl groups is 2. The predicted molar refractivity (Wildman–Crippen MR) is 250 cm³/mol. The monoisotopic (exact) mass is 914 g/mol. The molecule has 13 nitrogen and oxygen atoms in total. The van der Waals surface area contributed by atoms with Crippen LogP contribution in [0.3, 0.4) is 0 Å². The van der Waals surface area contributed by atoms with Gasteiger partial charge in [-0.3, -0.25) is 14.4 Å². The third-order valence-corrected chi connectivity index (χ3v) is 14.8. The standard InChI is InChI=1S/C52H83NO12/c1-32-17-13-12-14-18-34(3)44(61-9)31-40-23-21-38(7)52(59,65-40)49(56)50(57)53-26-16-15-19-41(53)51(58)64-42(35(4)29-39-22-25-43(60-8)45(30-39)62-10)24-20-33(2)28-37(6)47(55)48(63-11)46(54)36(5)27-32/h12-14,17-18,28,32-33,35-36,38-45,47-48,55,59H,15-16,19-27,29-31H2,1-11H3/b14-12+,17-13+,34-18+,37-28+/t32-,33+,35-,36-,38-,39+,40+,41+,42+,43-,44+,45-,47-,48+,52-/m1/s1. The van der Waals surface area contributed by atoms with Crippen molar-refractivity contribution < 1.29 is 57.8 Å². The maximum absolute atomic E-state index is 14.4. The fourth-order valence-corrected chi connectivity index (χ4v) is 10.6. The number of hydrogen-bond acceptors (Lipinski definition) is 12. The summed E-state index contributed by atoms with van der Waals surface area (Å²) in [5.74, 6) is -5.87. The van der Waals surface area contributed by atoms with E-state index < -0.39 is 59.8 Å². The van der Waals surface area contributed by atoms with Gasteiger partial charge in [0.1, 0.15) is 24.4 Å². The molecule has 15 atom stereocenters. The number of nitrogens with zero attached hydrogens (tertiary/aromatic N) is 1. The number of cyclic esters (lactones) is 1. The van der Waals surface area contributed by atoms with Crippen molar-refractivity contribution in [3.05, 3.63) is 47.6 Å². The lowest BCUT2D eigenvalue weighted by atomic mass is 9.78. The molecule has 0 radical (unpaired) electrons. The Kier molecular flexibility index (Phi) is 21.8. The molecule has 1 aliphatic carbocycles. The van der Waals surface area contributed by atoms with E-state index in [9.17, 15) is 29.4 Å². The summed E-state index contributed by atoms with van der Waals surface area (Å²) in [4.78, 5) is 57.9. The van der Waals surface area contributed by atoms with Crippen molar-refractivity contribution in [3.63, 3.8) is 0 Å². The van der Waals surface area contributed by atoms with Crippen LogP contribution in [0.2, 0.25) is 0 Å². The Morgan fingerprint density at radius 1 is 0.785 bits per heavy atom. The van der Waals surface area contributed by atoms with Crippen molar-refractivity contribution in [1.82, 2.24) is 4.90 Å². The summed E-state index contributed by atoms with van der Waals surface area (Å²) in [6, 6.07) is -1.00. The average Bonchev–Trinajstić information content (AvgIpc) is 3.29. The first-order valence-corrected chi connectivity index (χ1v) is 24.4. The molecule has 2 saturated heterocycles. The number of fused-ring (bicyclic) bond motifs is 3. The van der Waals surface area contributed by atoms with Gasteiger partial charge < -0.3 is 43.5 Å². The van der Waals surface area contributed by atoms with E-state index in [1.807, 2.05) is 71.1 Å². The zero-order valence-corrected chi connectivity index (χ0v) is 41.4. The van der Waals surface area contributed by atoms with E-state index in [1.165, 1.54) is 12.0 Å². The van der Waals surface area contributed by atoms with Crippen molar-refractivity contribution in [3.8, 4) is 0 Å². The van der Waals surface area contributed by atoms with Crippen molar-refractivity contribution in [2.24, 2.45) is 35.5 Å². The van der Waals surface area contributed by atoms with Crippen LogP contribution in [0.15, 0.2) is 47.6 Å². The number of methoxy groups -OCH3 is 4. The van der Waals surface area contributed by atoms with Crippen LogP contribution in [0.1, 0.15) is 132 Å². The Morgan fingerprint density at radius 2 is 1.51 bits per heavy atom. The maximum atomic E-state index is 14.4. The molecule has 3 heterocycles. The minimum Gasteiger partial charge on any atom is -0.461 e. The molecule has 2 N–H and O–H groups in total. The predicted octanol–water partition coefficient (Wildman–Crippen LogP) is 7.66. The summed E-state index contributed by atoms with van der Waals surface area (Å²) >= 11 is 0. The van der Waals surface area contributed by atoms with Gasteiger partial charge in [0.15, 0.2) is 5.78 Å². The Balaban J connectivity index is 1.67. The Hall–Kier alpha value is -3.04. The van der Waals surface area contributed by atoms with Gasteiger partial charge in [0.2, 0.25) is 5.79 Å². The number of allylic oxidation sites excluding steroid dienone is 6. The molecule has 0 aromatic carbocycles. The van der Waals surface area contributed by atoms with Gasteiger partial charge in [-0.1, -0.05) is 71.1 Å². The number of ether oxygens (including phenoxy) is 6. The molecule has 0 spiro atoms. The molecule has 4 aliphatic rings. The minimum atomic E-state index is -2.37. The normalized spacial score (nSPS) is 40.4. The number of ketones is 2. The van der Waals surface area contributed by atoms with Crippen LogP contribution in [-0.4, -0.2) is 128 Å². The summed E-state index contributed by atoms with van der Waals surface area (Å²) in [6.07, 6.45) is 16.1. The van der Waals surface area contributed by atoms with Crippen LogP contribution in [0.4, 0.5) is 0 Å². The number of esters is 1. The topological polar surface area (TPSA) is 167 Å². The molecule has 1 saturated carbocycles. The number of hydrogen-bond donors (Lipinski definition) is 2. The fraction of sp³-hybridized carbons (Fsp3) is 0.769. The number of amides is 1. The first kappa shape index (κ1) is 54.6. The highest BCUT2D eigenvalue weighted by Crippen LogP contribution is 2.38. The van der Waals surface area contributed by atoms with Crippen molar-refractivity contribution >= 4 is 23.4 Å². The van der Waals surface area contributed by atoms with Gasteiger partial charge in [-0.25, -0.2) is 4.79 Å². The molecule has 3 fully saturated rings. The lowest BCUT2D eigenvalue weighted by Gasteiger charge is -2.42. The minimum absolute atomic E-state index is 0.0255. The zero-order chi connectivity index (χ0) is 48.0. The number of carbonyl (C=O) groups excluding carboxylic acids is 4. The molecular formula is C52H83NO12. The molecule has 368 valence electrons. The second kappa shape index (κ2) is 25.9. The molecular weight excluding hydrogens is 831 g/mol. The SMILES string of the molecule is CO[C@H]1C[C@@H]2CC[C@@H](C)[C@@](O)(O2)C(=O)C(=O)N2CCCC[C@H]2C(=O)O[C@H]([C@H](C)C[C@@H]2CC[C@@H](OC)[C@H](OC)C2)CC[C@H](C)/C=C(\C)[C@@H](O)[C@@H](OC)C(=O)[C@H](C)C[C@H](C)/C=C/C=C/C=C/1C. The van der Waals surface area contributed by atoms with Gasteiger partial charge in [0.25, 0.3) is 11.7 Å². The first-order chi connectivity index (χ1) is 30.9. The molecule has 0 unspecified atom stereocenters. The van der Waals surface area contributed by atoms with Crippen molar-refractivity contribution in [2.75, 3.05) is 35.0 Å². The summed E-state index contributed by atoms with van der Waals surface area (Å²) in [5, 5.41) is 23.4. The first-order valence-electron chi connectivity index (χ1n) is 24.4. The van der Waals surface area contributed by atoms with Gasteiger partial charge in [-0.15, -0.1) is 0 Å². The highest BCUT2D eigenvalue weighted by molar-refractivity contribution is 6.39. The number of Topliss-reactive ketones (excluding diaryl/α,β-unsaturated/α-hetero) is 2. The number of aliphatic hydroxyl groups excluding tert-OH is 1. The van der Waals surface area contributed by atoms with Crippen molar-refractivity contribution in [1.29, 1.82) is 0 Å². The third-order valence-electron chi connectivity index (χ3n) is 14.8. The Morgan fingerprint density at radius 3 is 2.18 bits per heavy atom. The Labute approximate surface area is 389 Å². The molecule has 13 heteroatoms. The largest absolute Gasteiger partial charge is 0.461 e. The maximum Gasteiger partial charge on any atom is 0.329 e. The van der Waals surface area contributed by atoms with E-state index in [4.69, 9.17) is 28.4 Å². The van der Waals surface area contributed by atoms with Gasteiger partial charge >= 0.3 is 5.97 Å². The highest BCUT2D eigenvalue weighted by atomic mass is 16.6. The number of carbonyl (C=O) groups is 4. The summed E-state index contributed by atoms with van der Waals surface area (Å²) in [5.41, 5.74) is 1.53. The summed E-state index contributed by atoms with van der Waals surface area (Å²) in [7, 11) is 6.47. The van der Waals surface area contributed by atoms with Crippen LogP contribution in [0.25, 0.3) is 0 Å². The molecule has 3 aliphatic heterocycles. The smallest absolute Gasteiger partial charge is 0.329 e. The number of rotatable bonds is 7. The quantitative estimate of drug-likeness (QED) is 0.146. The summed E-state index contributed by atoms with van der Waals surface area (Å²) in [6.45, 7) is 13.7. The van der Waals surface area contributed by atoms with Crippen LogP contribution < -0.4 is 0 Å². The molecule has 0 aromatic heterocycles. The zero-order valence-electron chi connectivity index (χ0n) is 41.4.